The maximum Gasteiger partial charge on any atom is 0.131 e. The van der Waals surface area contributed by atoms with Gasteiger partial charge in [-0.2, -0.15) is 0 Å². The quantitative estimate of drug-likeness (QED) is 0.586. The molecule has 0 saturated carbocycles. The Hall–Kier alpha value is -1.73. The minimum atomic E-state index is -0.231. The molecule has 0 bridgehead atoms. The monoisotopic (exact) mass is 405 g/mol. The van der Waals surface area contributed by atoms with Crippen molar-refractivity contribution >= 4 is 38.8 Å². The number of nitrogens with two attached hydrogens (primary N) is 1. The molecule has 0 spiro atoms. The van der Waals surface area contributed by atoms with E-state index in [1.54, 1.807) is 29.5 Å². The molecule has 142 valence electrons. The zero-order chi connectivity index (χ0) is 19.0. The number of aryl methyl sites for hydroxylation is 1. The SMILES string of the molecule is Cc1c([C@H]2OCCC[C@@H]2N)sc2c(NCc3ccccc3F)cc(Cl)nc12. The van der Waals surface area contributed by atoms with Gasteiger partial charge in [0.05, 0.1) is 15.9 Å². The smallest absolute Gasteiger partial charge is 0.131 e. The number of fused-ring (bicyclic) bond motifs is 1. The second kappa shape index (κ2) is 7.72. The molecule has 4 nitrogen and oxygen atoms in total. The molecule has 7 heteroatoms. The molecule has 1 fully saturated rings. The van der Waals surface area contributed by atoms with Crippen molar-refractivity contribution in [3.63, 3.8) is 0 Å². The van der Waals surface area contributed by atoms with Crippen LogP contribution in [-0.2, 0) is 11.3 Å². The molecule has 0 radical (unpaired) electrons. The zero-order valence-electron chi connectivity index (χ0n) is 15.0. The summed E-state index contributed by atoms with van der Waals surface area (Å²) in [7, 11) is 0. The first-order valence-corrected chi connectivity index (χ1v) is 10.2. The van der Waals surface area contributed by atoms with Crippen LogP contribution < -0.4 is 11.1 Å². The van der Waals surface area contributed by atoms with Gasteiger partial charge in [0, 0.05) is 35.7 Å². The molecule has 1 aliphatic heterocycles. The molecule has 4 rings (SSSR count). The van der Waals surface area contributed by atoms with Crippen molar-refractivity contribution in [3.8, 4) is 0 Å². The van der Waals surface area contributed by atoms with Gasteiger partial charge in [-0.1, -0.05) is 29.8 Å². The molecule has 2 atom stereocenters. The summed E-state index contributed by atoms with van der Waals surface area (Å²) in [5, 5.41) is 3.72. The third kappa shape index (κ3) is 3.67. The first kappa shape index (κ1) is 18.6. The van der Waals surface area contributed by atoms with E-state index in [4.69, 9.17) is 22.1 Å². The molecule has 0 amide bonds. The van der Waals surface area contributed by atoms with E-state index in [0.29, 0.717) is 17.3 Å². The van der Waals surface area contributed by atoms with Crippen molar-refractivity contribution in [2.75, 3.05) is 11.9 Å². The normalized spacial score (nSPS) is 20.1. The number of thiophene rings is 1. The lowest BCUT2D eigenvalue weighted by Gasteiger charge is -2.28. The topological polar surface area (TPSA) is 60.2 Å². The molecule has 1 saturated heterocycles. The predicted molar refractivity (Wildman–Crippen MR) is 109 cm³/mol. The number of hydrogen-bond donors (Lipinski definition) is 2. The summed E-state index contributed by atoms with van der Waals surface area (Å²) in [5.41, 5.74) is 9.64. The maximum atomic E-state index is 13.9. The zero-order valence-corrected chi connectivity index (χ0v) is 16.5. The second-order valence-corrected chi connectivity index (χ2v) is 8.24. The lowest BCUT2D eigenvalue weighted by Crippen LogP contribution is -2.34. The maximum absolute atomic E-state index is 13.9. The average molecular weight is 406 g/mol. The highest BCUT2D eigenvalue weighted by Crippen LogP contribution is 2.42. The van der Waals surface area contributed by atoms with E-state index in [9.17, 15) is 4.39 Å². The second-order valence-electron chi connectivity index (χ2n) is 6.80. The summed E-state index contributed by atoms with van der Waals surface area (Å²) < 4.78 is 20.9. The summed E-state index contributed by atoms with van der Waals surface area (Å²) in [6.07, 6.45) is 1.82. The van der Waals surface area contributed by atoms with Crippen LogP contribution >= 0.6 is 22.9 Å². The van der Waals surface area contributed by atoms with Gasteiger partial charge in [0.2, 0.25) is 0 Å². The summed E-state index contributed by atoms with van der Waals surface area (Å²) in [5.74, 6) is -0.231. The Bertz CT molecular complexity index is 977. The van der Waals surface area contributed by atoms with Crippen LogP contribution in [0.25, 0.3) is 10.2 Å². The number of benzene rings is 1. The summed E-state index contributed by atoms with van der Waals surface area (Å²) in [6.45, 7) is 3.12. The van der Waals surface area contributed by atoms with Crippen molar-refractivity contribution in [1.82, 2.24) is 4.98 Å². The van der Waals surface area contributed by atoms with Gasteiger partial charge in [0.15, 0.2) is 0 Å². The van der Waals surface area contributed by atoms with Crippen LogP contribution in [0.2, 0.25) is 5.15 Å². The third-order valence-electron chi connectivity index (χ3n) is 4.93. The van der Waals surface area contributed by atoms with Crippen molar-refractivity contribution in [2.45, 2.75) is 38.5 Å². The molecule has 0 aliphatic carbocycles. The van der Waals surface area contributed by atoms with Gasteiger partial charge in [0.1, 0.15) is 17.1 Å². The number of rotatable bonds is 4. The molecule has 0 unspecified atom stereocenters. The average Bonchev–Trinajstić information content (AvgIpc) is 2.98. The van der Waals surface area contributed by atoms with E-state index in [-0.39, 0.29) is 18.0 Å². The van der Waals surface area contributed by atoms with Crippen LogP contribution in [0.15, 0.2) is 30.3 Å². The molecular weight excluding hydrogens is 385 g/mol. The molecule has 1 aliphatic rings. The van der Waals surface area contributed by atoms with Gasteiger partial charge >= 0.3 is 0 Å². The third-order valence-corrected chi connectivity index (χ3v) is 6.50. The van der Waals surface area contributed by atoms with E-state index in [0.717, 1.165) is 45.8 Å². The molecule has 3 aromatic rings. The first-order valence-electron chi connectivity index (χ1n) is 8.98. The van der Waals surface area contributed by atoms with Gasteiger partial charge in [-0.25, -0.2) is 9.37 Å². The lowest BCUT2D eigenvalue weighted by atomic mass is 10.00. The minimum Gasteiger partial charge on any atom is -0.380 e. The summed E-state index contributed by atoms with van der Waals surface area (Å²) >= 11 is 7.88. The van der Waals surface area contributed by atoms with Gasteiger partial charge in [-0.15, -0.1) is 11.3 Å². The van der Waals surface area contributed by atoms with Gasteiger partial charge in [0.25, 0.3) is 0 Å². The fraction of sp³-hybridized carbons (Fsp3) is 0.350. The Morgan fingerprint density at radius 2 is 2.22 bits per heavy atom. The van der Waals surface area contributed by atoms with E-state index >= 15 is 0 Å². The highest BCUT2D eigenvalue weighted by atomic mass is 35.5. The minimum absolute atomic E-state index is 0.0178. The van der Waals surface area contributed by atoms with Crippen LogP contribution in [0, 0.1) is 12.7 Å². The number of nitrogens with zero attached hydrogens (tertiary/aromatic N) is 1. The van der Waals surface area contributed by atoms with E-state index in [2.05, 4.69) is 10.3 Å². The number of nitrogens with one attached hydrogen (secondary N) is 1. The summed E-state index contributed by atoms with van der Waals surface area (Å²) in [6, 6.07) is 8.50. The standard InChI is InChI=1S/C20H21ClFN3OS/c1-11-17-20(27-19(11)18-14(23)7-4-8-26-18)15(9-16(21)25-17)24-10-12-5-2-3-6-13(12)22/h2-3,5-6,9,14,18H,4,7-8,10,23H2,1H3,(H,24,25)/t14-,18-/m0/s1. The van der Waals surface area contributed by atoms with Crippen LogP contribution in [0.1, 0.15) is 34.9 Å². The number of ether oxygens (including phenoxy) is 1. The Kier molecular flexibility index (Phi) is 5.32. The first-order chi connectivity index (χ1) is 13.0. The van der Waals surface area contributed by atoms with E-state index in [1.165, 1.54) is 6.07 Å². The predicted octanol–water partition coefficient (Wildman–Crippen LogP) is 5.19. The van der Waals surface area contributed by atoms with Crippen molar-refractivity contribution in [2.24, 2.45) is 5.73 Å². The van der Waals surface area contributed by atoms with Crippen molar-refractivity contribution in [3.05, 3.63) is 57.3 Å². The lowest BCUT2D eigenvalue weighted by molar-refractivity contribution is 0.00207. The highest BCUT2D eigenvalue weighted by Gasteiger charge is 2.29. The number of halogens is 2. The van der Waals surface area contributed by atoms with E-state index < -0.39 is 0 Å². The molecule has 3 heterocycles. The Balaban J connectivity index is 1.70. The molecule has 1 aromatic carbocycles. The number of anilines is 1. The van der Waals surface area contributed by atoms with Gasteiger partial charge < -0.3 is 15.8 Å². The highest BCUT2D eigenvalue weighted by molar-refractivity contribution is 7.20. The van der Waals surface area contributed by atoms with Crippen LogP contribution in [0.3, 0.4) is 0 Å². The number of pyridine rings is 1. The molecule has 2 aromatic heterocycles. The Labute approximate surface area is 166 Å². The molecular formula is C20H21ClFN3OS. The number of aromatic nitrogens is 1. The Morgan fingerprint density at radius 3 is 3.00 bits per heavy atom. The largest absolute Gasteiger partial charge is 0.380 e. The van der Waals surface area contributed by atoms with Gasteiger partial charge in [-0.05, 0) is 31.4 Å². The van der Waals surface area contributed by atoms with Crippen molar-refractivity contribution in [1.29, 1.82) is 0 Å². The number of hydrogen-bond acceptors (Lipinski definition) is 5. The van der Waals surface area contributed by atoms with Crippen LogP contribution in [0.4, 0.5) is 10.1 Å². The van der Waals surface area contributed by atoms with Crippen LogP contribution in [0.5, 0.6) is 0 Å². The molecule has 27 heavy (non-hydrogen) atoms. The fourth-order valence-electron chi connectivity index (χ4n) is 3.47. The summed E-state index contributed by atoms with van der Waals surface area (Å²) in [4.78, 5) is 5.61. The Morgan fingerprint density at radius 1 is 1.41 bits per heavy atom. The fourth-order valence-corrected chi connectivity index (χ4v) is 5.03. The van der Waals surface area contributed by atoms with Crippen LogP contribution in [-0.4, -0.2) is 17.6 Å². The van der Waals surface area contributed by atoms with Gasteiger partial charge in [-0.3, -0.25) is 0 Å². The van der Waals surface area contributed by atoms with E-state index in [1.807, 2.05) is 13.0 Å². The molecule has 3 N–H and O–H groups in total. The van der Waals surface area contributed by atoms with Crippen molar-refractivity contribution < 1.29 is 9.13 Å².